The van der Waals surface area contributed by atoms with Crippen LogP contribution in [0.4, 0.5) is 0 Å². The monoisotopic (exact) mass is 252 g/mol. The van der Waals surface area contributed by atoms with E-state index in [1.807, 2.05) is 30.3 Å². The van der Waals surface area contributed by atoms with E-state index in [0.29, 0.717) is 0 Å². The highest BCUT2D eigenvalue weighted by Gasteiger charge is 2.25. The third-order valence-corrected chi connectivity index (χ3v) is 4.40. The van der Waals surface area contributed by atoms with Crippen LogP contribution in [0.25, 0.3) is 0 Å². The molecule has 0 aliphatic rings. The first-order valence-electron chi connectivity index (χ1n) is 5.47. The summed E-state index contributed by atoms with van der Waals surface area (Å²) >= 11 is 0. The third-order valence-electron chi connectivity index (χ3n) is 2.53. The van der Waals surface area contributed by atoms with Gasteiger partial charge in [0.2, 0.25) is 10.0 Å². The Labute approximate surface area is 102 Å². The van der Waals surface area contributed by atoms with Crippen molar-refractivity contribution >= 4 is 10.0 Å². The SMILES string of the molecule is CCC(C#N)S(=O)(=O)NC(C)c1ccccc1. The van der Waals surface area contributed by atoms with E-state index in [-0.39, 0.29) is 12.5 Å². The summed E-state index contributed by atoms with van der Waals surface area (Å²) in [5.41, 5.74) is 0.879. The van der Waals surface area contributed by atoms with Gasteiger partial charge in [-0.25, -0.2) is 13.1 Å². The zero-order valence-corrected chi connectivity index (χ0v) is 10.7. The van der Waals surface area contributed by atoms with Crippen LogP contribution >= 0.6 is 0 Å². The molecule has 1 N–H and O–H groups in total. The van der Waals surface area contributed by atoms with Gasteiger partial charge in [-0.05, 0) is 18.9 Å². The van der Waals surface area contributed by atoms with Gasteiger partial charge in [0.15, 0.2) is 5.25 Å². The topological polar surface area (TPSA) is 70.0 Å². The summed E-state index contributed by atoms with van der Waals surface area (Å²) in [6.45, 7) is 3.44. The van der Waals surface area contributed by atoms with Crippen LogP contribution in [0.2, 0.25) is 0 Å². The van der Waals surface area contributed by atoms with Gasteiger partial charge in [0.25, 0.3) is 0 Å². The fourth-order valence-corrected chi connectivity index (χ4v) is 2.89. The molecule has 0 fully saturated rings. The molecule has 0 bridgehead atoms. The van der Waals surface area contributed by atoms with Crippen LogP contribution in [-0.2, 0) is 10.0 Å². The molecule has 1 aromatic rings. The van der Waals surface area contributed by atoms with Gasteiger partial charge in [0, 0.05) is 6.04 Å². The van der Waals surface area contributed by atoms with Crippen LogP contribution in [0.3, 0.4) is 0 Å². The molecule has 0 aromatic heterocycles. The summed E-state index contributed by atoms with van der Waals surface area (Å²) in [5, 5.41) is 7.78. The van der Waals surface area contributed by atoms with Crippen molar-refractivity contribution in [1.82, 2.24) is 4.72 Å². The van der Waals surface area contributed by atoms with Crippen molar-refractivity contribution in [2.45, 2.75) is 31.6 Å². The van der Waals surface area contributed by atoms with E-state index < -0.39 is 15.3 Å². The van der Waals surface area contributed by atoms with Crippen molar-refractivity contribution in [3.63, 3.8) is 0 Å². The number of nitriles is 1. The molecular formula is C12H16N2O2S. The van der Waals surface area contributed by atoms with E-state index in [1.165, 1.54) is 0 Å². The second-order valence-corrected chi connectivity index (χ2v) is 5.72. The molecule has 0 saturated heterocycles. The maximum absolute atomic E-state index is 11.8. The molecule has 0 amide bonds. The summed E-state index contributed by atoms with van der Waals surface area (Å²) in [6, 6.07) is 10.7. The molecule has 0 saturated carbocycles. The Morgan fingerprint density at radius 1 is 1.35 bits per heavy atom. The maximum Gasteiger partial charge on any atom is 0.228 e. The predicted octanol–water partition coefficient (Wildman–Crippen LogP) is 1.97. The van der Waals surface area contributed by atoms with E-state index in [1.54, 1.807) is 19.9 Å². The molecule has 0 heterocycles. The number of nitrogens with zero attached hydrogens (tertiary/aromatic N) is 1. The molecule has 2 unspecified atom stereocenters. The number of hydrogen-bond acceptors (Lipinski definition) is 3. The molecule has 1 aromatic carbocycles. The zero-order chi connectivity index (χ0) is 12.9. The van der Waals surface area contributed by atoms with E-state index >= 15 is 0 Å². The van der Waals surface area contributed by atoms with Crippen LogP contribution in [0.5, 0.6) is 0 Å². The minimum absolute atomic E-state index is 0.285. The van der Waals surface area contributed by atoms with Gasteiger partial charge in [0.05, 0.1) is 6.07 Å². The normalized spacial score (nSPS) is 14.9. The number of rotatable bonds is 5. The first kappa shape index (κ1) is 13.7. The number of sulfonamides is 1. The quantitative estimate of drug-likeness (QED) is 0.871. The Bertz CT molecular complexity index is 491. The van der Waals surface area contributed by atoms with E-state index in [4.69, 9.17) is 5.26 Å². The molecule has 0 radical (unpaired) electrons. The van der Waals surface area contributed by atoms with Crippen LogP contribution in [-0.4, -0.2) is 13.7 Å². The summed E-state index contributed by atoms with van der Waals surface area (Å²) < 4.78 is 26.2. The zero-order valence-electron chi connectivity index (χ0n) is 9.92. The molecule has 2 atom stereocenters. The molecule has 92 valence electrons. The number of nitrogens with one attached hydrogen (secondary N) is 1. The molecular weight excluding hydrogens is 236 g/mol. The molecule has 17 heavy (non-hydrogen) atoms. The smallest absolute Gasteiger partial charge is 0.211 e. The lowest BCUT2D eigenvalue weighted by molar-refractivity contribution is 0.558. The maximum atomic E-state index is 11.8. The Balaban J connectivity index is 2.83. The van der Waals surface area contributed by atoms with Gasteiger partial charge in [-0.2, -0.15) is 5.26 Å². The minimum atomic E-state index is -3.58. The third kappa shape index (κ3) is 3.55. The Hall–Kier alpha value is -1.38. The molecule has 0 spiro atoms. The molecule has 1 rings (SSSR count). The van der Waals surface area contributed by atoms with E-state index in [9.17, 15) is 8.42 Å². The van der Waals surface area contributed by atoms with Crippen molar-refractivity contribution in [2.24, 2.45) is 0 Å². The summed E-state index contributed by atoms with van der Waals surface area (Å²) in [7, 11) is -3.58. The van der Waals surface area contributed by atoms with Gasteiger partial charge >= 0.3 is 0 Å². The van der Waals surface area contributed by atoms with Crippen molar-refractivity contribution < 1.29 is 8.42 Å². The van der Waals surface area contributed by atoms with Crippen LogP contribution in [0, 0.1) is 11.3 Å². The molecule has 0 aliphatic heterocycles. The van der Waals surface area contributed by atoms with Crippen LogP contribution < -0.4 is 4.72 Å². The average molecular weight is 252 g/mol. The standard InChI is InChI=1S/C12H16N2O2S/c1-3-12(9-13)17(15,16)14-10(2)11-7-5-4-6-8-11/h4-8,10,12,14H,3H2,1-2H3. The molecule has 0 aliphatic carbocycles. The first-order valence-corrected chi connectivity index (χ1v) is 7.01. The van der Waals surface area contributed by atoms with Gasteiger partial charge in [-0.1, -0.05) is 37.3 Å². The predicted molar refractivity (Wildman–Crippen MR) is 66.6 cm³/mol. The summed E-state index contributed by atoms with van der Waals surface area (Å²) in [5.74, 6) is 0. The second kappa shape index (κ2) is 5.80. The van der Waals surface area contributed by atoms with Crippen molar-refractivity contribution in [3.05, 3.63) is 35.9 Å². The number of hydrogen-bond donors (Lipinski definition) is 1. The Morgan fingerprint density at radius 3 is 2.41 bits per heavy atom. The van der Waals surface area contributed by atoms with E-state index in [2.05, 4.69) is 4.72 Å². The molecule has 4 nitrogen and oxygen atoms in total. The fourth-order valence-electron chi connectivity index (χ4n) is 1.52. The highest BCUT2D eigenvalue weighted by molar-refractivity contribution is 7.90. The first-order chi connectivity index (χ1) is 8.01. The van der Waals surface area contributed by atoms with Gasteiger partial charge in [-0.15, -0.1) is 0 Å². The number of benzene rings is 1. The molecule has 5 heteroatoms. The minimum Gasteiger partial charge on any atom is -0.211 e. The highest BCUT2D eigenvalue weighted by Crippen LogP contribution is 2.14. The van der Waals surface area contributed by atoms with Crippen LogP contribution in [0.15, 0.2) is 30.3 Å². The van der Waals surface area contributed by atoms with E-state index in [0.717, 1.165) is 5.56 Å². The summed E-state index contributed by atoms with van der Waals surface area (Å²) in [6.07, 6.45) is 0.285. The Morgan fingerprint density at radius 2 is 1.94 bits per heavy atom. The second-order valence-electron chi connectivity index (χ2n) is 3.82. The largest absolute Gasteiger partial charge is 0.228 e. The lowest BCUT2D eigenvalue weighted by Gasteiger charge is -2.16. The fraction of sp³-hybridized carbons (Fsp3) is 0.417. The van der Waals surface area contributed by atoms with Crippen molar-refractivity contribution in [2.75, 3.05) is 0 Å². The van der Waals surface area contributed by atoms with Crippen LogP contribution in [0.1, 0.15) is 31.9 Å². The Kier molecular flexibility index (Phi) is 4.67. The lowest BCUT2D eigenvalue weighted by Crippen LogP contribution is -2.34. The lowest BCUT2D eigenvalue weighted by atomic mass is 10.1. The summed E-state index contributed by atoms with van der Waals surface area (Å²) in [4.78, 5) is 0. The van der Waals surface area contributed by atoms with Gasteiger partial charge in [-0.3, -0.25) is 0 Å². The van der Waals surface area contributed by atoms with Gasteiger partial charge in [0.1, 0.15) is 0 Å². The van der Waals surface area contributed by atoms with Crippen molar-refractivity contribution in [3.8, 4) is 6.07 Å². The van der Waals surface area contributed by atoms with Crippen molar-refractivity contribution in [1.29, 1.82) is 5.26 Å². The highest BCUT2D eigenvalue weighted by atomic mass is 32.2. The van der Waals surface area contributed by atoms with Gasteiger partial charge < -0.3 is 0 Å². The average Bonchev–Trinajstić information content (AvgIpc) is 2.30.